The number of pyridine rings is 1. The molecule has 0 saturated carbocycles. The third-order valence-electron chi connectivity index (χ3n) is 4.23. The number of hydrogen-bond acceptors (Lipinski definition) is 4. The first kappa shape index (κ1) is 15.6. The van der Waals surface area contributed by atoms with E-state index in [0.29, 0.717) is 11.2 Å². The van der Waals surface area contributed by atoms with E-state index < -0.39 is 23.9 Å². The van der Waals surface area contributed by atoms with E-state index in [1.807, 2.05) is 0 Å². The Labute approximate surface area is 129 Å². The molecule has 1 aliphatic heterocycles. The molecule has 6 nitrogen and oxygen atoms in total. The summed E-state index contributed by atoms with van der Waals surface area (Å²) in [6.45, 7) is -0.515. The summed E-state index contributed by atoms with van der Waals surface area (Å²) in [4.78, 5) is 13.8. The minimum absolute atomic E-state index is 0.0147. The Bertz CT molecular complexity index is 742. The highest BCUT2D eigenvalue weighted by atomic mass is 19.4. The molecule has 2 unspecified atom stereocenters. The van der Waals surface area contributed by atoms with Crippen molar-refractivity contribution >= 4 is 17.1 Å². The quantitative estimate of drug-likeness (QED) is 0.865. The van der Waals surface area contributed by atoms with Crippen LogP contribution in [0.5, 0.6) is 0 Å². The zero-order valence-corrected chi connectivity index (χ0v) is 12.1. The van der Waals surface area contributed by atoms with Crippen molar-refractivity contribution in [1.29, 1.82) is 0 Å². The number of nitrogens with two attached hydrogens (primary N) is 2. The summed E-state index contributed by atoms with van der Waals surface area (Å²) in [5.74, 6) is -2.87. The lowest BCUT2D eigenvalue weighted by Gasteiger charge is -2.19. The number of carbonyl (C=O) groups is 1. The van der Waals surface area contributed by atoms with Gasteiger partial charge < -0.3 is 16.4 Å². The molecule has 4 N–H and O–H groups in total. The highest BCUT2D eigenvalue weighted by Gasteiger charge is 2.50. The van der Waals surface area contributed by atoms with Gasteiger partial charge in [-0.1, -0.05) is 0 Å². The topological polar surface area (TPSA) is 89.6 Å². The van der Waals surface area contributed by atoms with E-state index >= 15 is 0 Å². The summed E-state index contributed by atoms with van der Waals surface area (Å²) in [5.41, 5.74) is 12.3. The number of anilines is 1. The number of likely N-dealkylation sites (tertiary alicyclic amines) is 1. The first-order valence-electron chi connectivity index (χ1n) is 7.10. The summed E-state index contributed by atoms with van der Waals surface area (Å²) in [6, 6.07) is 3.19. The van der Waals surface area contributed by atoms with Gasteiger partial charge in [0.25, 0.3) is 5.91 Å². The van der Waals surface area contributed by atoms with Gasteiger partial charge in [0.05, 0.1) is 23.2 Å². The summed E-state index contributed by atoms with van der Waals surface area (Å²) in [5, 5.41) is 4.03. The molecule has 0 aromatic carbocycles. The third-order valence-corrected chi connectivity index (χ3v) is 4.23. The first-order valence-corrected chi connectivity index (χ1v) is 7.10. The number of hydrogen-bond donors (Lipinski definition) is 2. The van der Waals surface area contributed by atoms with Crippen molar-refractivity contribution in [2.24, 2.45) is 17.6 Å². The van der Waals surface area contributed by atoms with Gasteiger partial charge in [0, 0.05) is 30.9 Å². The Morgan fingerprint density at radius 1 is 1.39 bits per heavy atom. The summed E-state index contributed by atoms with van der Waals surface area (Å²) in [7, 11) is 0. The molecule has 1 aliphatic rings. The molecule has 1 fully saturated rings. The van der Waals surface area contributed by atoms with Gasteiger partial charge in [0.1, 0.15) is 0 Å². The molecule has 3 rings (SSSR count). The van der Waals surface area contributed by atoms with Crippen molar-refractivity contribution in [2.75, 3.05) is 25.4 Å². The number of amides is 1. The van der Waals surface area contributed by atoms with Gasteiger partial charge in [-0.15, -0.1) is 0 Å². The fraction of sp³-hybridized carbons (Fsp3) is 0.429. The molecule has 0 aliphatic carbocycles. The number of halogens is 3. The first-order chi connectivity index (χ1) is 10.8. The van der Waals surface area contributed by atoms with Gasteiger partial charge in [-0.25, -0.2) is 4.52 Å². The normalized spacial score (nSPS) is 22.0. The fourth-order valence-corrected chi connectivity index (χ4v) is 2.98. The number of alkyl halides is 3. The molecule has 2 aromatic rings. The molecule has 1 amide bonds. The molecule has 0 radical (unpaired) electrons. The number of nitrogens with zero attached hydrogens (tertiary/aromatic N) is 3. The molecular weight excluding hydrogens is 311 g/mol. The predicted molar refractivity (Wildman–Crippen MR) is 77.6 cm³/mol. The standard InChI is InChI=1S/C14H16F3N5O/c15-14(16,17)11-7-21(6-8(11)4-18)13(23)10-5-20-22-2-1-9(19)3-12(10)22/h1-3,5,8,11H,4,6-7,18-19H2. The van der Waals surface area contributed by atoms with Crippen LogP contribution in [0.4, 0.5) is 18.9 Å². The summed E-state index contributed by atoms with van der Waals surface area (Å²) < 4.78 is 40.6. The molecule has 124 valence electrons. The lowest BCUT2D eigenvalue weighted by Crippen LogP contribution is -2.33. The van der Waals surface area contributed by atoms with Gasteiger partial charge in [-0.05, 0) is 18.7 Å². The van der Waals surface area contributed by atoms with Crippen LogP contribution in [0.1, 0.15) is 10.4 Å². The van der Waals surface area contributed by atoms with Gasteiger partial charge in [0.2, 0.25) is 0 Å². The maximum atomic E-state index is 13.1. The number of aromatic nitrogens is 2. The van der Waals surface area contributed by atoms with Crippen molar-refractivity contribution in [1.82, 2.24) is 14.5 Å². The Hall–Kier alpha value is -2.29. The van der Waals surface area contributed by atoms with E-state index in [9.17, 15) is 18.0 Å². The van der Waals surface area contributed by atoms with Crippen molar-refractivity contribution < 1.29 is 18.0 Å². The van der Waals surface area contributed by atoms with E-state index in [0.717, 1.165) is 0 Å². The van der Waals surface area contributed by atoms with Crippen LogP contribution in [-0.4, -0.2) is 46.2 Å². The highest BCUT2D eigenvalue weighted by Crippen LogP contribution is 2.37. The molecule has 2 atom stereocenters. The van der Waals surface area contributed by atoms with Crippen LogP contribution in [0.3, 0.4) is 0 Å². The largest absolute Gasteiger partial charge is 0.399 e. The molecule has 2 aromatic heterocycles. The van der Waals surface area contributed by atoms with Crippen LogP contribution in [-0.2, 0) is 0 Å². The van der Waals surface area contributed by atoms with E-state index in [4.69, 9.17) is 11.5 Å². The van der Waals surface area contributed by atoms with E-state index in [1.54, 1.807) is 18.3 Å². The lowest BCUT2D eigenvalue weighted by atomic mass is 9.96. The minimum Gasteiger partial charge on any atom is -0.399 e. The van der Waals surface area contributed by atoms with Crippen LogP contribution >= 0.6 is 0 Å². The average Bonchev–Trinajstić information content (AvgIpc) is 3.09. The Morgan fingerprint density at radius 2 is 2.13 bits per heavy atom. The number of rotatable bonds is 2. The number of fused-ring (bicyclic) bond motifs is 1. The predicted octanol–water partition coefficient (Wildman–Crippen LogP) is 1.13. The van der Waals surface area contributed by atoms with Crippen LogP contribution in [0.15, 0.2) is 24.5 Å². The maximum absolute atomic E-state index is 13.1. The van der Waals surface area contributed by atoms with E-state index in [1.165, 1.54) is 15.6 Å². The molecule has 23 heavy (non-hydrogen) atoms. The second kappa shape index (κ2) is 5.41. The molecule has 0 spiro atoms. The SMILES string of the molecule is NCC1CN(C(=O)c2cnn3ccc(N)cc23)CC1C(F)(F)F. The minimum atomic E-state index is -4.37. The van der Waals surface area contributed by atoms with Crippen molar-refractivity contribution in [3.05, 3.63) is 30.1 Å². The summed E-state index contributed by atoms with van der Waals surface area (Å²) in [6.07, 6.45) is -1.44. The van der Waals surface area contributed by atoms with Crippen molar-refractivity contribution in [3.8, 4) is 0 Å². The van der Waals surface area contributed by atoms with E-state index in [2.05, 4.69) is 5.10 Å². The highest BCUT2D eigenvalue weighted by molar-refractivity contribution is 6.01. The molecule has 3 heterocycles. The second-order valence-electron chi connectivity index (χ2n) is 5.70. The van der Waals surface area contributed by atoms with Crippen molar-refractivity contribution in [2.45, 2.75) is 6.18 Å². The van der Waals surface area contributed by atoms with Gasteiger partial charge >= 0.3 is 6.18 Å². The smallest absolute Gasteiger partial charge is 0.393 e. The fourth-order valence-electron chi connectivity index (χ4n) is 2.98. The monoisotopic (exact) mass is 327 g/mol. The Morgan fingerprint density at radius 3 is 2.74 bits per heavy atom. The van der Waals surface area contributed by atoms with Gasteiger partial charge in [-0.3, -0.25) is 4.79 Å². The zero-order valence-electron chi connectivity index (χ0n) is 12.1. The average molecular weight is 327 g/mol. The molecule has 1 saturated heterocycles. The third kappa shape index (κ3) is 2.72. The zero-order chi connectivity index (χ0) is 16.8. The summed E-state index contributed by atoms with van der Waals surface area (Å²) >= 11 is 0. The van der Waals surface area contributed by atoms with E-state index in [-0.39, 0.29) is 25.2 Å². The van der Waals surface area contributed by atoms with Crippen molar-refractivity contribution in [3.63, 3.8) is 0 Å². The Balaban J connectivity index is 1.90. The second-order valence-corrected chi connectivity index (χ2v) is 5.70. The number of carbonyl (C=O) groups excluding carboxylic acids is 1. The number of nitrogen functional groups attached to an aromatic ring is 1. The van der Waals surface area contributed by atoms with Gasteiger partial charge in [-0.2, -0.15) is 18.3 Å². The van der Waals surface area contributed by atoms with Gasteiger partial charge in [0.15, 0.2) is 0 Å². The maximum Gasteiger partial charge on any atom is 0.393 e. The van der Waals surface area contributed by atoms with Crippen LogP contribution < -0.4 is 11.5 Å². The molecule has 9 heteroatoms. The molecule has 0 bridgehead atoms. The van der Waals surface area contributed by atoms with Crippen LogP contribution in [0, 0.1) is 11.8 Å². The van der Waals surface area contributed by atoms with Crippen LogP contribution in [0.2, 0.25) is 0 Å². The molecular formula is C14H16F3N5O. The Kier molecular flexibility index (Phi) is 3.67. The lowest BCUT2D eigenvalue weighted by molar-refractivity contribution is -0.179. The van der Waals surface area contributed by atoms with Crippen LogP contribution in [0.25, 0.3) is 5.52 Å².